The van der Waals surface area contributed by atoms with E-state index in [-0.39, 0.29) is 30.2 Å². The number of nitrogens with one attached hydrogen (secondary N) is 1. The molecule has 0 aromatic heterocycles. The van der Waals surface area contributed by atoms with E-state index >= 15 is 0 Å². The monoisotopic (exact) mass is 558 g/mol. The third-order valence-corrected chi connectivity index (χ3v) is 6.32. The van der Waals surface area contributed by atoms with Gasteiger partial charge in [0.15, 0.2) is 0 Å². The number of alkyl halides is 3. The molecule has 0 bridgehead atoms. The van der Waals surface area contributed by atoms with Crippen molar-refractivity contribution in [3.8, 4) is 11.8 Å². The average Bonchev–Trinajstić information content (AvgIpc) is 2.90. The highest BCUT2D eigenvalue weighted by molar-refractivity contribution is 6.30. The Kier molecular flexibility index (Phi) is 9.96. The molecule has 3 aromatic carbocycles. The van der Waals surface area contributed by atoms with Crippen molar-refractivity contribution in [2.75, 3.05) is 6.54 Å². The molecule has 204 valence electrons. The quantitative estimate of drug-likeness (QED) is 0.260. The van der Waals surface area contributed by atoms with Crippen molar-refractivity contribution < 1.29 is 32.6 Å². The van der Waals surface area contributed by atoms with Gasteiger partial charge in [0.2, 0.25) is 0 Å². The zero-order chi connectivity index (χ0) is 28.6. The van der Waals surface area contributed by atoms with Gasteiger partial charge in [0.25, 0.3) is 5.91 Å². The maximum Gasteiger partial charge on any atom is 0.416 e. The van der Waals surface area contributed by atoms with Crippen LogP contribution < -0.4 is 10.1 Å². The number of carboxylic acids is 1. The zero-order valence-corrected chi connectivity index (χ0v) is 21.7. The molecule has 6 nitrogen and oxygen atoms in total. The molecule has 0 radical (unpaired) electrons. The molecule has 0 unspecified atom stereocenters. The number of hydrogen-bond donors (Lipinski definition) is 2. The summed E-state index contributed by atoms with van der Waals surface area (Å²) < 4.78 is 46.6. The molecule has 1 amide bonds. The number of halogens is 4. The lowest BCUT2D eigenvalue weighted by Crippen LogP contribution is -2.26. The lowest BCUT2D eigenvalue weighted by Gasteiger charge is -2.29. The van der Waals surface area contributed by atoms with Crippen molar-refractivity contribution in [2.45, 2.75) is 44.4 Å². The summed E-state index contributed by atoms with van der Waals surface area (Å²) in [5.41, 5.74) is 0.772. The highest BCUT2D eigenvalue weighted by Crippen LogP contribution is 2.41. The number of amides is 1. The van der Waals surface area contributed by atoms with Gasteiger partial charge in [0, 0.05) is 23.0 Å². The Bertz CT molecular complexity index is 1340. The van der Waals surface area contributed by atoms with Crippen LogP contribution in [0.15, 0.2) is 66.7 Å². The van der Waals surface area contributed by atoms with E-state index in [2.05, 4.69) is 5.32 Å². The van der Waals surface area contributed by atoms with Gasteiger partial charge in [-0.1, -0.05) is 49.2 Å². The molecule has 0 aliphatic heterocycles. The van der Waals surface area contributed by atoms with Crippen molar-refractivity contribution in [3.63, 3.8) is 0 Å². The van der Waals surface area contributed by atoms with Gasteiger partial charge in [-0.25, -0.2) is 0 Å². The third kappa shape index (κ3) is 7.98. The number of aliphatic carboxylic acids is 1. The Labute approximate surface area is 229 Å². The number of ether oxygens (including phenoxy) is 1. The first-order chi connectivity index (χ1) is 18.5. The lowest BCUT2D eigenvalue weighted by molar-refractivity contribution is -0.138. The number of carbonyl (C=O) groups excluding carboxylic acids is 1. The largest absolute Gasteiger partial charge is 0.484 e. The molecule has 0 aliphatic carbocycles. The van der Waals surface area contributed by atoms with Crippen LogP contribution in [0.3, 0.4) is 0 Å². The topological polar surface area (TPSA) is 99.4 Å². The normalized spacial score (nSPS) is 12.7. The molecule has 0 spiro atoms. The SMILES string of the molecule is CCC[C@H](c1ccc(C(=O)NCCC(=O)O)cc1)[C@@H](Oc1cc(C(F)(F)F)ccc1C#N)c1ccc(Cl)cc1. The first-order valence-corrected chi connectivity index (χ1v) is 12.5. The zero-order valence-electron chi connectivity index (χ0n) is 21.0. The maximum atomic E-state index is 13.5. The van der Waals surface area contributed by atoms with Gasteiger partial charge < -0.3 is 15.2 Å². The Morgan fingerprint density at radius 2 is 1.69 bits per heavy atom. The standard InChI is InChI=1S/C29H26ClF3N2O4/c1-2-3-24(18-4-6-20(7-5-18)28(38)35-15-14-26(36)37)27(19-9-12-23(30)13-10-19)39-25-16-22(29(31,32)33)11-8-21(25)17-34/h4-13,16,24,27H,2-3,14-15H2,1H3,(H,35,38)(H,36,37)/t24-,27+/m1/s1. The smallest absolute Gasteiger partial charge is 0.416 e. The Morgan fingerprint density at radius 3 is 2.26 bits per heavy atom. The molecule has 0 aliphatic rings. The molecule has 0 saturated heterocycles. The lowest BCUT2D eigenvalue weighted by atomic mass is 9.85. The van der Waals surface area contributed by atoms with Crippen molar-refractivity contribution >= 4 is 23.5 Å². The van der Waals surface area contributed by atoms with E-state index < -0.39 is 29.7 Å². The van der Waals surface area contributed by atoms with Crippen LogP contribution in [0, 0.1) is 11.3 Å². The van der Waals surface area contributed by atoms with E-state index in [1.165, 1.54) is 0 Å². The minimum absolute atomic E-state index is 0.0148. The minimum atomic E-state index is -4.62. The summed E-state index contributed by atoms with van der Waals surface area (Å²) in [6, 6.07) is 18.1. The van der Waals surface area contributed by atoms with E-state index in [4.69, 9.17) is 21.4 Å². The number of carbonyl (C=O) groups is 2. The van der Waals surface area contributed by atoms with Crippen molar-refractivity contribution in [1.29, 1.82) is 5.26 Å². The maximum absolute atomic E-state index is 13.5. The van der Waals surface area contributed by atoms with Crippen LogP contribution in [0.1, 0.15) is 70.8 Å². The van der Waals surface area contributed by atoms with Crippen LogP contribution in [0.4, 0.5) is 13.2 Å². The van der Waals surface area contributed by atoms with Crippen LogP contribution in [0.25, 0.3) is 0 Å². The molecule has 0 saturated carbocycles. The van der Waals surface area contributed by atoms with Crippen LogP contribution in [0.2, 0.25) is 5.02 Å². The molecule has 3 aromatic rings. The molecule has 2 atom stereocenters. The van der Waals surface area contributed by atoms with Crippen LogP contribution >= 0.6 is 11.6 Å². The van der Waals surface area contributed by atoms with Gasteiger partial charge in [-0.05, 0) is 60.0 Å². The summed E-state index contributed by atoms with van der Waals surface area (Å²) in [4.78, 5) is 23.1. The fourth-order valence-electron chi connectivity index (χ4n) is 4.13. The molecule has 2 N–H and O–H groups in total. The second kappa shape index (κ2) is 13.2. The fraction of sp³-hybridized carbons (Fsp3) is 0.276. The van der Waals surface area contributed by atoms with Crippen LogP contribution in [-0.2, 0) is 11.0 Å². The van der Waals surface area contributed by atoms with E-state index in [0.29, 0.717) is 29.0 Å². The van der Waals surface area contributed by atoms with E-state index in [9.17, 15) is 28.0 Å². The van der Waals surface area contributed by atoms with Gasteiger partial charge >= 0.3 is 12.1 Å². The number of rotatable bonds is 11. The third-order valence-electron chi connectivity index (χ3n) is 6.07. The van der Waals surface area contributed by atoms with E-state index in [1.807, 2.05) is 13.0 Å². The number of benzene rings is 3. The van der Waals surface area contributed by atoms with Gasteiger partial charge in [-0.2, -0.15) is 18.4 Å². The molecular formula is C29H26ClF3N2O4. The average molecular weight is 559 g/mol. The number of nitriles is 1. The Morgan fingerprint density at radius 1 is 1.05 bits per heavy atom. The summed E-state index contributed by atoms with van der Waals surface area (Å²) in [5.74, 6) is -2.01. The predicted octanol–water partition coefficient (Wildman–Crippen LogP) is 7.14. The van der Waals surface area contributed by atoms with Crippen LogP contribution in [0.5, 0.6) is 5.75 Å². The molecule has 39 heavy (non-hydrogen) atoms. The molecule has 3 rings (SSSR count). The van der Waals surface area contributed by atoms with Gasteiger partial charge in [-0.15, -0.1) is 0 Å². The van der Waals surface area contributed by atoms with Crippen molar-refractivity contribution in [1.82, 2.24) is 5.32 Å². The van der Waals surface area contributed by atoms with Gasteiger partial charge in [0.05, 0.1) is 17.5 Å². The number of hydrogen-bond acceptors (Lipinski definition) is 4. The second-order valence-electron chi connectivity index (χ2n) is 8.83. The highest BCUT2D eigenvalue weighted by Gasteiger charge is 2.33. The minimum Gasteiger partial charge on any atom is -0.484 e. The first kappa shape index (κ1) is 29.5. The molecular weight excluding hydrogens is 533 g/mol. The Balaban J connectivity index is 2.01. The van der Waals surface area contributed by atoms with Crippen molar-refractivity contribution in [2.24, 2.45) is 0 Å². The summed E-state index contributed by atoms with van der Waals surface area (Å²) in [6.45, 7) is 1.94. The van der Waals surface area contributed by atoms with E-state index in [0.717, 1.165) is 23.8 Å². The second-order valence-corrected chi connectivity index (χ2v) is 9.26. The van der Waals surface area contributed by atoms with Gasteiger partial charge in [-0.3, -0.25) is 9.59 Å². The van der Waals surface area contributed by atoms with E-state index in [1.54, 1.807) is 48.5 Å². The molecule has 0 heterocycles. The first-order valence-electron chi connectivity index (χ1n) is 12.2. The highest BCUT2D eigenvalue weighted by atomic mass is 35.5. The summed E-state index contributed by atoms with van der Waals surface area (Å²) >= 11 is 6.07. The summed E-state index contributed by atoms with van der Waals surface area (Å²) in [7, 11) is 0. The Hall–Kier alpha value is -4.03. The molecule has 10 heteroatoms. The predicted molar refractivity (Wildman–Crippen MR) is 140 cm³/mol. The summed E-state index contributed by atoms with van der Waals surface area (Å²) in [5, 5.41) is 21.3. The van der Waals surface area contributed by atoms with Gasteiger partial charge in [0.1, 0.15) is 17.9 Å². The van der Waals surface area contributed by atoms with Crippen molar-refractivity contribution in [3.05, 3.63) is 99.6 Å². The summed E-state index contributed by atoms with van der Waals surface area (Å²) in [6.07, 6.45) is -4.32. The molecule has 0 fully saturated rings. The number of carboxylic acid groups (broad SMARTS) is 1. The van der Waals surface area contributed by atoms with Crippen LogP contribution in [-0.4, -0.2) is 23.5 Å². The number of nitrogens with zero attached hydrogens (tertiary/aromatic N) is 1. The fourth-order valence-corrected chi connectivity index (χ4v) is 4.26.